The number of nitrogens with zero attached hydrogens (tertiary/aromatic N) is 1. The van der Waals surface area contributed by atoms with E-state index in [-0.39, 0.29) is 0 Å². The number of hydrogen-bond acceptors (Lipinski definition) is 0. The van der Waals surface area contributed by atoms with Gasteiger partial charge in [-0.3, -0.25) is 0 Å². The maximum absolute atomic E-state index is 2.42. The van der Waals surface area contributed by atoms with Crippen molar-refractivity contribution < 1.29 is 0 Å². The maximum Gasteiger partial charge on any atom is 0.0535 e. The van der Waals surface area contributed by atoms with Crippen LogP contribution in [0.1, 0.15) is 0 Å². The Morgan fingerprint density at radius 3 is 1.25 bits per heavy atom. The van der Waals surface area contributed by atoms with E-state index < -0.39 is 0 Å². The van der Waals surface area contributed by atoms with Crippen LogP contribution in [0.2, 0.25) is 0 Å². The Bertz CT molecular complexity index is 3210. The average Bonchev–Trinajstić information content (AvgIpc) is 3.70. The summed E-state index contributed by atoms with van der Waals surface area (Å²) in [5, 5.41) is 6.16. The van der Waals surface area contributed by atoms with Crippen LogP contribution in [0, 0.1) is 0 Å². The van der Waals surface area contributed by atoms with E-state index in [0.29, 0.717) is 0 Å². The van der Waals surface area contributed by atoms with Gasteiger partial charge < -0.3 is 4.57 Å². The summed E-state index contributed by atoms with van der Waals surface area (Å²) in [4.78, 5) is 0. The Kier molecular flexibility index (Phi) is 8.56. The van der Waals surface area contributed by atoms with E-state index in [1.54, 1.807) is 0 Å². The van der Waals surface area contributed by atoms with Gasteiger partial charge >= 0.3 is 0 Å². The van der Waals surface area contributed by atoms with Gasteiger partial charge in [0, 0.05) is 22.8 Å². The van der Waals surface area contributed by atoms with E-state index in [1.165, 1.54) is 93.7 Å². The summed E-state index contributed by atoms with van der Waals surface area (Å²) >= 11 is 0. The van der Waals surface area contributed by atoms with Crippen molar-refractivity contribution in [3.05, 3.63) is 237 Å². The lowest BCUT2D eigenvalue weighted by Gasteiger charge is -2.16. The van der Waals surface area contributed by atoms with E-state index in [1.807, 2.05) is 0 Å². The fraction of sp³-hybridized carbons (Fsp3) is 0. The molecule has 0 aliphatic heterocycles. The molecule has 0 aliphatic rings. The van der Waals surface area contributed by atoms with Crippen LogP contribution in [0.3, 0.4) is 0 Å². The highest BCUT2D eigenvalue weighted by molar-refractivity contribution is 6.05. The smallest absolute Gasteiger partial charge is 0.0535 e. The lowest BCUT2D eigenvalue weighted by atomic mass is 9.91. The highest BCUT2D eigenvalue weighted by Gasteiger charge is 2.19. The second kappa shape index (κ2) is 14.6. The van der Waals surface area contributed by atoms with Crippen molar-refractivity contribution >= 4 is 32.4 Å². The average molecular weight is 750 g/mol. The lowest BCUT2D eigenvalue weighted by molar-refractivity contribution is 1.13. The van der Waals surface area contributed by atoms with Gasteiger partial charge in [-0.25, -0.2) is 0 Å². The van der Waals surface area contributed by atoms with Gasteiger partial charge in [0.25, 0.3) is 0 Å². The molecule has 1 heteroatoms. The second-order valence-electron chi connectivity index (χ2n) is 15.3. The molecule has 0 bridgehead atoms. The first-order valence-electron chi connectivity index (χ1n) is 20.3. The molecule has 0 N–H and O–H groups in total. The first-order chi connectivity index (χ1) is 29.3. The molecule has 11 aromatic rings. The molecule has 276 valence electrons. The van der Waals surface area contributed by atoms with Crippen molar-refractivity contribution in [2.75, 3.05) is 0 Å². The van der Waals surface area contributed by atoms with Crippen molar-refractivity contribution in [2.24, 2.45) is 0 Å². The Labute approximate surface area is 344 Å². The minimum atomic E-state index is 1.12. The molecule has 11 rings (SSSR count). The summed E-state index contributed by atoms with van der Waals surface area (Å²) in [5.41, 5.74) is 16.7. The van der Waals surface area contributed by atoms with Crippen LogP contribution in [0.25, 0.3) is 105 Å². The van der Waals surface area contributed by atoms with Crippen LogP contribution in [0.4, 0.5) is 0 Å². The standard InChI is InChI=1S/C58H39N/c1-3-17-40(18-4-1)48-27-11-12-29-52(48)44-33-34-58-56(38-44)57(55-30-14-13-28-51(55)41-19-5-2-6-20-41)39-59(58)47-36-45(53-31-15-23-42-21-7-9-25-49(42)53)35-46(37-47)54-32-16-24-43-22-8-10-26-50(43)54/h1-39H. The van der Waals surface area contributed by atoms with Crippen LogP contribution >= 0.6 is 0 Å². The molecule has 0 saturated heterocycles. The Hall–Kier alpha value is -7.74. The molecule has 59 heavy (non-hydrogen) atoms. The van der Waals surface area contributed by atoms with Gasteiger partial charge in [-0.15, -0.1) is 0 Å². The lowest BCUT2D eigenvalue weighted by Crippen LogP contribution is -1.95. The van der Waals surface area contributed by atoms with Gasteiger partial charge in [-0.2, -0.15) is 0 Å². The van der Waals surface area contributed by atoms with E-state index >= 15 is 0 Å². The van der Waals surface area contributed by atoms with E-state index in [0.717, 1.165) is 11.2 Å². The normalized spacial score (nSPS) is 11.4. The summed E-state index contributed by atoms with van der Waals surface area (Å²) in [6.07, 6.45) is 2.37. The highest BCUT2D eigenvalue weighted by Crippen LogP contribution is 2.43. The number of fused-ring (bicyclic) bond motifs is 3. The predicted octanol–water partition coefficient (Wildman–Crippen LogP) is 15.9. The van der Waals surface area contributed by atoms with Crippen LogP contribution in [0.15, 0.2) is 237 Å². The molecular weight excluding hydrogens is 711 g/mol. The molecule has 0 saturated carbocycles. The van der Waals surface area contributed by atoms with Crippen LogP contribution < -0.4 is 0 Å². The van der Waals surface area contributed by atoms with Crippen molar-refractivity contribution in [3.63, 3.8) is 0 Å². The monoisotopic (exact) mass is 749 g/mol. The van der Waals surface area contributed by atoms with Crippen molar-refractivity contribution in [3.8, 4) is 72.4 Å². The predicted molar refractivity (Wildman–Crippen MR) is 251 cm³/mol. The molecule has 0 aliphatic carbocycles. The van der Waals surface area contributed by atoms with E-state index in [2.05, 4.69) is 241 Å². The Balaban J connectivity index is 1.20. The third-order valence-electron chi connectivity index (χ3n) is 11.8. The zero-order valence-corrected chi connectivity index (χ0v) is 32.5. The van der Waals surface area contributed by atoms with E-state index in [4.69, 9.17) is 0 Å². The Morgan fingerprint density at radius 1 is 0.237 bits per heavy atom. The zero-order chi connectivity index (χ0) is 39.1. The summed E-state index contributed by atoms with van der Waals surface area (Å²) in [6.45, 7) is 0. The number of aromatic nitrogens is 1. The topological polar surface area (TPSA) is 4.93 Å². The molecule has 0 fully saturated rings. The largest absolute Gasteiger partial charge is 0.316 e. The first kappa shape index (κ1) is 34.5. The molecule has 0 unspecified atom stereocenters. The molecular formula is C58H39N. The fourth-order valence-electron chi connectivity index (χ4n) is 9.03. The van der Waals surface area contributed by atoms with Crippen molar-refractivity contribution in [1.82, 2.24) is 4.57 Å². The number of benzene rings is 10. The van der Waals surface area contributed by atoms with Gasteiger partial charge in [0.2, 0.25) is 0 Å². The van der Waals surface area contributed by atoms with Gasteiger partial charge in [-0.1, -0.05) is 200 Å². The molecule has 0 radical (unpaired) electrons. The van der Waals surface area contributed by atoms with Crippen LogP contribution in [-0.4, -0.2) is 4.57 Å². The fourth-order valence-corrected chi connectivity index (χ4v) is 9.03. The van der Waals surface area contributed by atoms with Gasteiger partial charge in [-0.05, 0) is 113 Å². The van der Waals surface area contributed by atoms with Crippen molar-refractivity contribution in [1.29, 1.82) is 0 Å². The third-order valence-corrected chi connectivity index (χ3v) is 11.8. The summed E-state index contributed by atoms with van der Waals surface area (Å²) < 4.78 is 2.42. The summed E-state index contributed by atoms with van der Waals surface area (Å²) in [5.74, 6) is 0. The SMILES string of the molecule is c1ccc(-c2ccccc2-c2ccc3c(c2)c(-c2ccccc2-c2ccccc2)cn3-c2cc(-c3cccc4ccccc34)cc(-c3cccc4ccccc34)c2)cc1. The molecule has 0 atom stereocenters. The highest BCUT2D eigenvalue weighted by atomic mass is 15.0. The molecule has 0 amide bonds. The number of hydrogen-bond donors (Lipinski definition) is 0. The van der Waals surface area contributed by atoms with Crippen LogP contribution in [-0.2, 0) is 0 Å². The van der Waals surface area contributed by atoms with Gasteiger partial charge in [0.1, 0.15) is 0 Å². The zero-order valence-electron chi connectivity index (χ0n) is 32.5. The molecule has 1 nitrogen and oxygen atoms in total. The molecule has 0 spiro atoms. The van der Waals surface area contributed by atoms with E-state index in [9.17, 15) is 0 Å². The molecule has 1 heterocycles. The number of rotatable bonds is 7. The minimum Gasteiger partial charge on any atom is -0.316 e. The second-order valence-corrected chi connectivity index (χ2v) is 15.3. The quantitative estimate of drug-likeness (QED) is 0.153. The molecule has 10 aromatic carbocycles. The third kappa shape index (κ3) is 6.21. The summed E-state index contributed by atoms with van der Waals surface area (Å²) in [7, 11) is 0. The van der Waals surface area contributed by atoms with Crippen molar-refractivity contribution in [2.45, 2.75) is 0 Å². The minimum absolute atomic E-state index is 1.12. The van der Waals surface area contributed by atoms with Crippen LogP contribution in [0.5, 0.6) is 0 Å². The summed E-state index contributed by atoms with van der Waals surface area (Å²) in [6, 6.07) is 84.0. The maximum atomic E-state index is 2.42. The van der Waals surface area contributed by atoms with Gasteiger partial charge in [0.15, 0.2) is 0 Å². The molecule has 1 aromatic heterocycles. The first-order valence-corrected chi connectivity index (χ1v) is 20.3. The Morgan fingerprint density at radius 2 is 0.678 bits per heavy atom. The van der Waals surface area contributed by atoms with Gasteiger partial charge in [0.05, 0.1) is 5.52 Å².